The molecule has 1 nitrogen and oxygen atoms in total. The summed E-state index contributed by atoms with van der Waals surface area (Å²) in [6, 6.07) is 0. The van der Waals surface area contributed by atoms with Crippen molar-refractivity contribution in [3.05, 3.63) is 0 Å². The van der Waals surface area contributed by atoms with E-state index in [-0.39, 0.29) is 51.7 Å². The molecule has 4 heteroatoms. The summed E-state index contributed by atoms with van der Waals surface area (Å²) < 4.78 is 8.34. The Labute approximate surface area is 75.9 Å². The molecule has 0 saturated carbocycles. The first-order valence-corrected chi connectivity index (χ1v) is 1.37. The van der Waals surface area contributed by atoms with Crippen molar-refractivity contribution in [2.24, 2.45) is 0 Å². The van der Waals surface area contributed by atoms with E-state index >= 15 is 0 Å². The average Bonchev–Trinajstić information content (AvgIpc) is 1.00. The number of hydrogen-bond donors (Lipinski definition) is 0. The van der Waals surface area contributed by atoms with Gasteiger partial charge in [-0.3, -0.25) is 0 Å². The maximum absolute atomic E-state index is 8.34. The van der Waals surface area contributed by atoms with Gasteiger partial charge in [-0.1, -0.05) is 0 Å². The predicted octanol–water partition coefficient (Wildman–Crippen LogP) is -1.26. The Bertz CT molecular complexity index is 6.00. The fourth-order valence-electron chi connectivity index (χ4n) is 0. The van der Waals surface area contributed by atoms with Gasteiger partial charge in [0.15, 0.2) is 0 Å². The van der Waals surface area contributed by atoms with Gasteiger partial charge < -0.3 is 0 Å². The fourth-order valence-corrected chi connectivity index (χ4v) is 0. The van der Waals surface area contributed by atoms with Crippen LogP contribution in [0.5, 0.6) is 0 Å². The summed E-state index contributed by atoms with van der Waals surface area (Å²) in [5.41, 5.74) is 0. The molecule has 0 amide bonds. The van der Waals surface area contributed by atoms with E-state index in [1.54, 1.807) is 0 Å². The third-order valence-electron chi connectivity index (χ3n) is 0. The zero-order chi connectivity index (χ0) is 2.00. The number of hydrogen-bond acceptors (Lipinski definition) is 1. The molecule has 0 heterocycles. The second kappa shape index (κ2) is 18.4. The minimum absolute atomic E-state index is 0. The van der Waals surface area contributed by atoms with E-state index in [4.69, 9.17) is 3.08 Å². The Morgan fingerprint density at radius 2 is 1.00 bits per heavy atom. The molecule has 0 aromatic rings. The zero-order valence-electron chi connectivity index (χ0n) is 2.06. The Hall–Kier alpha value is 2.34. The fraction of sp³-hybridized carbons (Fsp3) is 0. The van der Waals surface area contributed by atoms with E-state index in [0.29, 0.717) is 22.5 Å². The van der Waals surface area contributed by atoms with Crippen LogP contribution in [0.2, 0.25) is 0 Å². The Morgan fingerprint density at radius 3 is 1.00 bits per heavy atom. The van der Waals surface area contributed by atoms with Gasteiger partial charge in [-0.05, 0) is 0 Å². The van der Waals surface area contributed by atoms with Crippen LogP contribution in [0, 0.1) is 0 Å². The van der Waals surface area contributed by atoms with Crippen molar-refractivity contribution in [1.29, 1.82) is 0 Å². The molecule has 0 spiro atoms. The van der Waals surface area contributed by atoms with Crippen LogP contribution in [-0.4, -0.2) is 74.2 Å². The molecule has 0 aromatic carbocycles. The maximum atomic E-state index is 8.34. The Kier molecular flexibility index (Phi) is 74.4. The molecule has 0 aliphatic carbocycles. The molecule has 0 aliphatic rings. The normalized spacial score (nSPS) is 1.00. The Morgan fingerprint density at radius 1 is 1.00 bits per heavy atom. The quantitative estimate of drug-likeness (QED) is 0.491. The molecule has 0 atom stereocenters. The van der Waals surface area contributed by atoms with Crippen molar-refractivity contribution in [3.8, 4) is 0 Å². The molecule has 0 fully saturated rings. The summed E-state index contributed by atoms with van der Waals surface area (Å²) in [7, 11) is 0. The molecule has 4 heavy (non-hydrogen) atoms. The average molecular weight is 364 g/mol. The van der Waals surface area contributed by atoms with E-state index in [1.165, 1.54) is 0 Å². The van der Waals surface area contributed by atoms with Gasteiger partial charge in [-0.2, -0.15) is 0 Å². The second-order valence-corrected chi connectivity index (χ2v) is 0. The third-order valence-corrected chi connectivity index (χ3v) is 0. The van der Waals surface area contributed by atoms with Gasteiger partial charge in [-0.25, -0.2) is 0 Å². The summed E-state index contributed by atoms with van der Waals surface area (Å²) in [5, 5.41) is 0. The van der Waals surface area contributed by atoms with E-state index in [1.807, 2.05) is 0 Å². The van der Waals surface area contributed by atoms with Gasteiger partial charge in [-0.15, -0.1) is 0 Å². The van der Waals surface area contributed by atoms with Crippen molar-refractivity contribution >= 4 is 74.2 Å². The predicted molar refractivity (Wildman–Crippen MR) is 17.9 cm³/mol. The van der Waals surface area contributed by atoms with Crippen LogP contribution in [-0.2, 0) is 3.08 Å². The summed E-state index contributed by atoms with van der Waals surface area (Å²) in [6.07, 6.45) is 0. The molecule has 0 saturated heterocycles. The van der Waals surface area contributed by atoms with E-state index in [2.05, 4.69) is 0 Å². The summed E-state index contributed by atoms with van der Waals surface area (Å²) in [6.45, 7) is 0. The van der Waals surface area contributed by atoms with E-state index in [9.17, 15) is 0 Å². The molecule has 0 rings (SSSR count). The molecular formula is In2OSn. The van der Waals surface area contributed by atoms with E-state index in [0.717, 1.165) is 0 Å². The first-order valence-electron chi connectivity index (χ1n) is 0.204. The SMILES string of the molecule is [In].[In].[O]=[Sn]. The summed E-state index contributed by atoms with van der Waals surface area (Å²) >= 11 is 0.300. The van der Waals surface area contributed by atoms with Crippen LogP contribution in [0.25, 0.3) is 0 Å². The van der Waals surface area contributed by atoms with Gasteiger partial charge in [0.2, 0.25) is 0 Å². The van der Waals surface area contributed by atoms with Crippen molar-refractivity contribution in [2.75, 3.05) is 0 Å². The molecule has 0 N–H and O–H groups in total. The van der Waals surface area contributed by atoms with Crippen molar-refractivity contribution in [2.45, 2.75) is 0 Å². The number of rotatable bonds is 0. The van der Waals surface area contributed by atoms with Gasteiger partial charge in [0.05, 0.1) is 0 Å². The van der Waals surface area contributed by atoms with Crippen LogP contribution >= 0.6 is 0 Å². The van der Waals surface area contributed by atoms with Crippen molar-refractivity contribution < 1.29 is 3.08 Å². The van der Waals surface area contributed by atoms with Crippen molar-refractivity contribution in [3.63, 3.8) is 0 Å². The van der Waals surface area contributed by atoms with Crippen molar-refractivity contribution in [1.82, 2.24) is 0 Å². The van der Waals surface area contributed by atoms with Gasteiger partial charge in [0, 0.05) is 51.7 Å². The Balaban J connectivity index is -0.00000000500. The molecule has 0 aromatic heterocycles. The first kappa shape index (κ1) is 16.2. The van der Waals surface area contributed by atoms with Gasteiger partial charge in [0.25, 0.3) is 0 Å². The van der Waals surface area contributed by atoms with Crippen LogP contribution < -0.4 is 0 Å². The van der Waals surface area contributed by atoms with Gasteiger partial charge in [0.1, 0.15) is 0 Å². The zero-order valence-corrected chi connectivity index (χ0v) is 11.5. The van der Waals surface area contributed by atoms with Crippen LogP contribution in [0.4, 0.5) is 0 Å². The minimum atomic E-state index is 0. The molecular weight excluding hydrogens is 364 g/mol. The second-order valence-electron chi connectivity index (χ2n) is 0. The first-order chi connectivity index (χ1) is 1.00. The van der Waals surface area contributed by atoms with E-state index < -0.39 is 0 Å². The van der Waals surface area contributed by atoms with Gasteiger partial charge >= 0.3 is 25.6 Å². The monoisotopic (exact) mass is 366 g/mol. The standard InChI is InChI=1S/2In.O.Sn. The topological polar surface area (TPSA) is 17.1 Å². The third kappa shape index (κ3) is 8.84. The van der Waals surface area contributed by atoms with Crippen LogP contribution in [0.1, 0.15) is 0 Å². The summed E-state index contributed by atoms with van der Waals surface area (Å²) in [4.78, 5) is 0. The van der Waals surface area contributed by atoms with Crippen LogP contribution in [0.3, 0.4) is 0 Å². The molecule has 8 radical (unpaired) electrons. The molecule has 16 valence electrons. The summed E-state index contributed by atoms with van der Waals surface area (Å²) in [5.74, 6) is 0. The molecule has 0 bridgehead atoms. The van der Waals surface area contributed by atoms with Crippen LogP contribution in [0.15, 0.2) is 0 Å². The molecule has 0 unspecified atom stereocenters. The molecule has 0 aliphatic heterocycles.